The number of aromatic nitrogens is 3. The predicted octanol–water partition coefficient (Wildman–Crippen LogP) is 1.24. The van der Waals surface area contributed by atoms with Gasteiger partial charge in [0.15, 0.2) is 0 Å². The van der Waals surface area contributed by atoms with Gasteiger partial charge < -0.3 is 9.80 Å². The van der Waals surface area contributed by atoms with Gasteiger partial charge in [0.1, 0.15) is 0 Å². The molecule has 1 aromatic rings. The van der Waals surface area contributed by atoms with Crippen LogP contribution in [0.3, 0.4) is 0 Å². The van der Waals surface area contributed by atoms with E-state index in [0.717, 1.165) is 19.0 Å². The third-order valence-corrected chi connectivity index (χ3v) is 4.02. The normalized spacial score (nSPS) is 15.8. The summed E-state index contributed by atoms with van der Waals surface area (Å²) in [5, 5.41) is 0. The van der Waals surface area contributed by atoms with Gasteiger partial charge in [-0.15, -0.1) is 0 Å². The van der Waals surface area contributed by atoms with E-state index in [1.165, 1.54) is 12.8 Å². The van der Waals surface area contributed by atoms with Crippen molar-refractivity contribution in [3.8, 4) is 0 Å². The van der Waals surface area contributed by atoms with Crippen LogP contribution < -0.4 is 21.1 Å². The minimum Gasteiger partial charge on any atom is -0.341 e. The van der Waals surface area contributed by atoms with Crippen molar-refractivity contribution < 1.29 is 0 Å². The van der Waals surface area contributed by atoms with Crippen LogP contribution in [0, 0.1) is 5.92 Å². The summed E-state index contributed by atoms with van der Waals surface area (Å²) in [5.74, 6) is 7.99. The first-order valence-electron chi connectivity index (χ1n) is 7.31. The van der Waals surface area contributed by atoms with E-state index in [-0.39, 0.29) is 0 Å². The molecule has 1 aliphatic carbocycles. The summed E-state index contributed by atoms with van der Waals surface area (Å²) in [6.07, 6.45) is 2.59. The number of hydrogen-bond donors (Lipinski definition) is 2. The van der Waals surface area contributed by atoms with Gasteiger partial charge in [-0.2, -0.15) is 15.0 Å². The number of nitrogen functional groups attached to an aromatic ring is 1. The molecule has 2 rings (SSSR count). The fraction of sp³-hybridized carbons (Fsp3) is 0.769. The van der Waals surface area contributed by atoms with Gasteiger partial charge in [0.05, 0.1) is 0 Å². The SMILES string of the molecule is CCN(CC)c1nc(NN)nc(N(C)C(C)C2CC2)n1. The second-order valence-corrected chi connectivity index (χ2v) is 5.26. The maximum Gasteiger partial charge on any atom is 0.243 e. The summed E-state index contributed by atoms with van der Waals surface area (Å²) in [6, 6.07) is 0.438. The first kappa shape index (κ1) is 14.8. The first-order chi connectivity index (χ1) is 9.60. The number of anilines is 3. The average Bonchev–Trinajstić information content (AvgIpc) is 3.31. The lowest BCUT2D eigenvalue weighted by Gasteiger charge is -2.26. The quantitative estimate of drug-likeness (QED) is 0.574. The smallest absolute Gasteiger partial charge is 0.243 e. The van der Waals surface area contributed by atoms with Crippen LogP contribution in [0.15, 0.2) is 0 Å². The Hall–Kier alpha value is -1.63. The monoisotopic (exact) mass is 279 g/mol. The lowest BCUT2D eigenvalue weighted by atomic mass is 10.2. The minimum absolute atomic E-state index is 0.409. The Balaban J connectivity index is 2.29. The molecular weight excluding hydrogens is 254 g/mol. The lowest BCUT2D eigenvalue weighted by Crippen LogP contribution is -2.34. The summed E-state index contributed by atoms with van der Waals surface area (Å²) in [6.45, 7) is 8.09. The zero-order valence-corrected chi connectivity index (χ0v) is 12.8. The van der Waals surface area contributed by atoms with Gasteiger partial charge in [-0.1, -0.05) is 0 Å². The number of nitrogens with two attached hydrogens (primary N) is 1. The average molecular weight is 279 g/mol. The molecule has 1 saturated carbocycles. The molecule has 1 heterocycles. The molecule has 0 aromatic carbocycles. The molecule has 0 spiro atoms. The molecule has 7 heteroatoms. The van der Waals surface area contributed by atoms with Crippen molar-refractivity contribution in [2.75, 3.05) is 35.4 Å². The van der Waals surface area contributed by atoms with Crippen LogP contribution in [-0.4, -0.2) is 41.1 Å². The molecule has 0 radical (unpaired) electrons. The second kappa shape index (κ2) is 6.21. The molecule has 0 bridgehead atoms. The highest BCUT2D eigenvalue weighted by molar-refractivity contribution is 5.45. The fourth-order valence-electron chi connectivity index (χ4n) is 2.30. The third kappa shape index (κ3) is 3.09. The van der Waals surface area contributed by atoms with Gasteiger partial charge >= 0.3 is 0 Å². The maximum atomic E-state index is 5.48. The zero-order valence-electron chi connectivity index (χ0n) is 12.8. The Kier molecular flexibility index (Phi) is 4.59. The van der Waals surface area contributed by atoms with E-state index in [9.17, 15) is 0 Å². The van der Waals surface area contributed by atoms with Gasteiger partial charge in [0.2, 0.25) is 17.8 Å². The van der Waals surface area contributed by atoms with Crippen molar-refractivity contribution in [3.63, 3.8) is 0 Å². The van der Waals surface area contributed by atoms with Crippen molar-refractivity contribution in [3.05, 3.63) is 0 Å². The van der Waals surface area contributed by atoms with Crippen molar-refractivity contribution in [1.82, 2.24) is 15.0 Å². The minimum atomic E-state index is 0.409. The molecule has 112 valence electrons. The van der Waals surface area contributed by atoms with Crippen molar-refractivity contribution in [2.45, 2.75) is 39.7 Å². The van der Waals surface area contributed by atoms with Crippen LogP contribution in [0.25, 0.3) is 0 Å². The molecule has 1 aliphatic rings. The molecule has 1 atom stereocenters. The molecule has 0 amide bonds. The predicted molar refractivity (Wildman–Crippen MR) is 81.8 cm³/mol. The molecule has 20 heavy (non-hydrogen) atoms. The molecule has 1 unspecified atom stereocenters. The van der Waals surface area contributed by atoms with Gasteiger partial charge in [-0.25, -0.2) is 5.84 Å². The van der Waals surface area contributed by atoms with E-state index in [0.29, 0.717) is 23.9 Å². The van der Waals surface area contributed by atoms with Gasteiger partial charge in [-0.3, -0.25) is 5.43 Å². The van der Waals surface area contributed by atoms with Crippen molar-refractivity contribution >= 4 is 17.8 Å². The Labute approximate surface area is 120 Å². The molecular formula is C13H25N7. The zero-order chi connectivity index (χ0) is 14.7. The van der Waals surface area contributed by atoms with Crippen LogP contribution >= 0.6 is 0 Å². The largest absolute Gasteiger partial charge is 0.341 e. The second-order valence-electron chi connectivity index (χ2n) is 5.26. The third-order valence-electron chi connectivity index (χ3n) is 4.02. The molecule has 0 saturated heterocycles. The maximum absolute atomic E-state index is 5.48. The van der Waals surface area contributed by atoms with E-state index in [1.807, 2.05) is 7.05 Å². The summed E-state index contributed by atoms with van der Waals surface area (Å²) in [4.78, 5) is 17.5. The first-order valence-corrected chi connectivity index (χ1v) is 7.31. The molecule has 1 aromatic heterocycles. The summed E-state index contributed by atoms with van der Waals surface area (Å²) < 4.78 is 0. The highest BCUT2D eigenvalue weighted by Gasteiger charge is 2.32. The van der Waals surface area contributed by atoms with Crippen molar-refractivity contribution in [1.29, 1.82) is 0 Å². The number of hydrogen-bond acceptors (Lipinski definition) is 7. The number of nitrogens with zero attached hydrogens (tertiary/aromatic N) is 5. The molecule has 1 fully saturated rings. The van der Waals surface area contributed by atoms with Crippen molar-refractivity contribution in [2.24, 2.45) is 11.8 Å². The van der Waals surface area contributed by atoms with Crippen LogP contribution in [0.4, 0.5) is 17.8 Å². The topological polar surface area (TPSA) is 83.2 Å². The van der Waals surface area contributed by atoms with E-state index in [4.69, 9.17) is 5.84 Å². The van der Waals surface area contributed by atoms with Gasteiger partial charge in [-0.05, 0) is 39.5 Å². The summed E-state index contributed by atoms with van der Waals surface area (Å²) in [7, 11) is 2.03. The standard InChI is InChI=1S/C13H25N7/c1-5-20(6-2)13-16-11(18-14)15-12(17-13)19(4)9(3)10-7-8-10/h9-10H,5-8,14H2,1-4H3,(H,15,16,17,18). The van der Waals surface area contributed by atoms with Crippen LogP contribution in [0.2, 0.25) is 0 Å². The van der Waals surface area contributed by atoms with Crippen LogP contribution in [0.5, 0.6) is 0 Å². The number of rotatable bonds is 7. The van der Waals surface area contributed by atoms with Crippen LogP contribution in [0.1, 0.15) is 33.6 Å². The number of nitrogens with one attached hydrogen (secondary N) is 1. The Morgan fingerprint density at radius 3 is 2.30 bits per heavy atom. The Morgan fingerprint density at radius 1 is 1.20 bits per heavy atom. The molecule has 3 N–H and O–H groups in total. The van der Waals surface area contributed by atoms with E-state index in [2.05, 4.69) is 50.9 Å². The Morgan fingerprint density at radius 2 is 1.80 bits per heavy atom. The highest BCUT2D eigenvalue weighted by Crippen LogP contribution is 2.35. The van der Waals surface area contributed by atoms with Gasteiger partial charge in [0.25, 0.3) is 0 Å². The summed E-state index contributed by atoms with van der Waals surface area (Å²) >= 11 is 0. The number of hydrazine groups is 1. The van der Waals surface area contributed by atoms with Gasteiger partial charge in [0, 0.05) is 26.2 Å². The molecule has 0 aliphatic heterocycles. The fourth-order valence-corrected chi connectivity index (χ4v) is 2.30. The Bertz CT molecular complexity index is 442. The highest BCUT2D eigenvalue weighted by atomic mass is 15.4. The lowest BCUT2D eigenvalue weighted by molar-refractivity contribution is 0.596. The van der Waals surface area contributed by atoms with E-state index in [1.54, 1.807) is 0 Å². The van der Waals surface area contributed by atoms with E-state index >= 15 is 0 Å². The molecule has 7 nitrogen and oxygen atoms in total. The summed E-state index contributed by atoms with van der Waals surface area (Å²) in [5.41, 5.74) is 2.53. The van der Waals surface area contributed by atoms with E-state index < -0.39 is 0 Å². The van der Waals surface area contributed by atoms with Crippen LogP contribution in [-0.2, 0) is 0 Å².